The molecule has 0 unspecified atom stereocenters. The number of hydrogen-bond acceptors (Lipinski definition) is 7. The van der Waals surface area contributed by atoms with Gasteiger partial charge in [-0.05, 0) is 42.0 Å². The topological polar surface area (TPSA) is 112 Å². The Labute approximate surface area is 150 Å². The van der Waals surface area contributed by atoms with Crippen molar-refractivity contribution < 1.29 is 24.2 Å². The summed E-state index contributed by atoms with van der Waals surface area (Å²) in [5.74, 6) is -0.567. The van der Waals surface area contributed by atoms with Crippen LogP contribution in [0.2, 0.25) is 0 Å². The van der Waals surface area contributed by atoms with Crippen LogP contribution < -0.4 is 25.3 Å². The Morgan fingerprint density at radius 3 is 2.58 bits per heavy atom. The van der Waals surface area contributed by atoms with Crippen molar-refractivity contribution in [3.05, 3.63) is 54.1 Å². The Bertz CT molecular complexity index is 775. The van der Waals surface area contributed by atoms with Crippen LogP contribution in [-0.4, -0.2) is 38.4 Å². The van der Waals surface area contributed by atoms with Crippen LogP contribution in [0.3, 0.4) is 0 Å². The van der Waals surface area contributed by atoms with Crippen molar-refractivity contribution in [1.82, 2.24) is 5.43 Å². The lowest BCUT2D eigenvalue weighted by molar-refractivity contribution is -0.307. The number of methoxy groups -OCH3 is 1. The predicted molar refractivity (Wildman–Crippen MR) is 94.2 cm³/mol. The molecule has 0 fully saturated rings. The van der Waals surface area contributed by atoms with E-state index in [0.717, 1.165) is 0 Å². The first-order valence-corrected chi connectivity index (χ1v) is 7.70. The number of nitrogens with one attached hydrogen (secondary N) is 2. The zero-order valence-electron chi connectivity index (χ0n) is 14.1. The minimum atomic E-state index is -1.29. The van der Waals surface area contributed by atoms with E-state index in [2.05, 4.69) is 15.8 Å². The van der Waals surface area contributed by atoms with E-state index in [4.69, 9.17) is 9.47 Å². The van der Waals surface area contributed by atoms with Crippen LogP contribution in [0.5, 0.6) is 11.5 Å². The molecule has 2 aromatic rings. The molecule has 0 saturated carbocycles. The molecule has 0 heterocycles. The van der Waals surface area contributed by atoms with Crippen molar-refractivity contribution in [2.75, 3.05) is 25.6 Å². The van der Waals surface area contributed by atoms with Crippen molar-refractivity contribution in [3.63, 3.8) is 0 Å². The third kappa shape index (κ3) is 6.16. The zero-order valence-corrected chi connectivity index (χ0v) is 14.1. The summed E-state index contributed by atoms with van der Waals surface area (Å²) < 4.78 is 10.1. The summed E-state index contributed by atoms with van der Waals surface area (Å²) in [4.78, 5) is 22.1. The number of ether oxygens (including phenoxy) is 2. The molecule has 8 heteroatoms. The first-order valence-electron chi connectivity index (χ1n) is 7.70. The Balaban J connectivity index is 1.78. The van der Waals surface area contributed by atoms with Crippen molar-refractivity contribution in [1.29, 1.82) is 0 Å². The highest BCUT2D eigenvalue weighted by atomic mass is 16.5. The second-order valence-electron chi connectivity index (χ2n) is 5.08. The van der Waals surface area contributed by atoms with Crippen LogP contribution in [0.15, 0.2) is 53.6 Å². The molecule has 26 heavy (non-hydrogen) atoms. The number of anilines is 1. The van der Waals surface area contributed by atoms with Crippen LogP contribution in [-0.2, 0) is 9.59 Å². The quantitative estimate of drug-likeness (QED) is 0.496. The van der Waals surface area contributed by atoms with Crippen LogP contribution in [0.25, 0.3) is 0 Å². The second-order valence-corrected chi connectivity index (χ2v) is 5.08. The minimum absolute atomic E-state index is 0.0354. The van der Waals surface area contributed by atoms with Gasteiger partial charge in [-0.1, -0.05) is 12.1 Å². The number of para-hydroxylation sites is 2. The maximum Gasteiger partial charge on any atom is 0.259 e. The largest absolute Gasteiger partial charge is 0.546 e. The lowest BCUT2D eigenvalue weighted by Crippen LogP contribution is -2.28. The maximum atomic E-state index is 11.8. The summed E-state index contributed by atoms with van der Waals surface area (Å²) in [6.45, 7) is -0.476. The van der Waals surface area contributed by atoms with Gasteiger partial charge in [-0.25, -0.2) is 5.43 Å². The molecule has 2 rings (SSSR count). The normalized spacial score (nSPS) is 10.3. The summed E-state index contributed by atoms with van der Waals surface area (Å²) in [6.07, 6.45) is 1.46. The average Bonchev–Trinajstić information content (AvgIpc) is 2.66. The number of carboxylic acids is 1. The molecule has 0 spiro atoms. The van der Waals surface area contributed by atoms with Crippen LogP contribution >= 0.6 is 0 Å². The van der Waals surface area contributed by atoms with Crippen LogP contribution in [0.4, 0.5) is 5.69 Å². The van der Waals surface area contributed by atoms with Gasteiger partial charge in [0.25, 0.3) is 5.91 Å². The highest BCUT2D eigenvalue weighted by Gasteiger charge is 2.03. The molecular formula is C18H18N3O5-. The standard InChI is InChI=1S/C18H19N3O5/c1-25-16-5-3-2-4-15(16)19-11-17(22)21-20-10-13-6-8-14(9-7-13)26-12-18(23)24/h2-10,19H,11-12H2,1H3,(H,21,22)(H,23,24)/p-1/b20-10-. The first-order chi connectivity index (χ1) is 12.6. The monoisotopic (exact) mass is 356 g/mol. The third-order valence-corrected chi connectivity index (χ3v) is 3.19. The van der Waals surface area contributed by atoms with E-state index >= 15 is 0 Å². The Kier molecular flexibility index (Phi) is 6.99. The highest BCUT2D eigenvalue weighted by molar-refractivity contribution is 5.84. The summed E-state index contributed by atoms with van der Waals surface area (Å²) in [6, 6.07) is 13.8. The van der Waals surface area contributed by atoms with E-state index in [1.807, 2.05) is 12.1 Å². The number of amides is 1. The smallest absolute Gasteiger partial charge is 0.259 e. The molecule has 0 aliphatic rings. The van der Waals surface area contributed by atoms with E-state index < -0.39 is 12.6 Å². The van der Waals surface area contributed by atoms with Crippen molar-refractivity contribution in [2.45, 2.75) is 0 Å². The molecule has 136 valence electrons. The summed E-state index contributed by atoms with van der Waals surface area (Å²) >= 11 is 0. The summed E-state index contributed by atoms with van der Waals surface area (Å²) in [5.41, 5.74) is 3.82. The van der Waals surface area contributed by atoms with E-state index in [0.29, 0.717) is 22.7 Å². The first kappa shape index (κ1) is 18.8. The molecule has 1 amide bonds. The van der Waals surface area contributed by atoms with Crippen LogP contribution in [0, 0.1) is 0 Å². The van der Waals surface area contributed by atoms with Gasteiger partial charge in [0.1, 0.15) is 18.1 Å². The van der Waals surface area contributed by atoms with E-state index in [1.165, 1.54) is 6.21 Å². The number of rotatable bonds is 9. The summed E-state index contributed by atoms with van der Waals surface area (Å²) in [5, 5.41) is 17.1. The number of carbonyl (C=O) groups is 2. The lowest BCUT2D eigenvalue weighted by Gasteiger charge is -2.09. The van der Waals surface area contributed by atoms with Gasteiger partial charge < -0.3 is 24.7 Å². The van der Waals surface area contributed by atoms with Gasteiger partial charge in [0.05, 0.1) is 31.5 Å². The Hall–Kier alpha value is -3.55. The summed E-state index contributed by atoms with van der Waals surface area (Å²) in [7, 11) is 1.56. The molecule has 0 aliphatic heterocycles. The Morgan fingerprint density at radius 1 is 1.15 bits per heavy atom. The van der Waals surface area contributed by atoms with Crippen molar-refractivity contribution in [2.24, 2.45) is 5.10 Å². The van der Waals surface area contributed by atoms with Gasteiger partial charge >= 0.3 is 0 Å². The minimum Gasteiger partial charge on any atom is -0.546 e. The average molecular weight is 356 g/mol. The number of hydrazone groups is 1. The van der Waals surface area contributed by atoms with E-state index in [1.54, 1.807) is 43.5 Å². The van der Waals surface area contributed by atoms with Gasteiger partial charge in [-0.3, -0.25) is 4.79 Å². The maximum absolute atomic E-state index is 11.8. The third-order valence-electron chi connectivity index (χ3n) is 3.19. The van der Waals surface area contributed by atoms with Gasteiger partial charge in [0.15, 0.2) is 0 Å². The number of carbonyl (C=O) groups excluding carboxylic acids is 2. The molecular weight excluding hydrogens is 338 g/mol. The molecule has 0 aliphatic carbocycles. The van der Waals surface area contributed by atoms with Crippen molar-refractivity contribution in [3.8, 4) is 11.5 Å². The zero-order chi connectivity index (χ0) is 18.8. The Morgan fingerprint density at radius 2 is 1.88 bits per heavy atom. The molecule has 0 bridgehead atoms. The number of benzene rings is 2. The fourth-order valence-electron chi connectivity index (χ4n) is 1.98. The number of nitrogens with zero attached hydrogens (tertiary/aromatic N) is 1. The predicted octanol–water partition coefficient (Wildman–Crippen LogP) is 0.386. The second kappa shape index (κ2) is 9.67. The molecule has 2 N–H and O–H groups in total. The highest BCUT2D eigenvalue weighted by Crippen LogP contribution is 2.22. The lowest BCUT2D eigenvalue weighted by atomic mass is 10.2. The number of carboxylic acid groups (broad SMARTS) is 1. The van der Waals surface area contributed by atoms with Crippen LogP contribution in [0.1, 0.15) is 5.56 Å². The van der Waals surface area contributed by atoms with E-state index in [-0.39, 0.29) is 12.5 Å². The van der Waals surface area contributed by atoms with Gasteiger partial charge in [-0.2, -0.15) is 5.10 Å². The molecule has 8 nitrogen and oxygen atoms in total. The van der Waals surface area contributed by atoms with E-state index in [9.17, 15) is 14.7 Å². The fourth-order valence-corrected chi connectivity index (χ4v) is 1.98. The van der Waals surface area contributed by atoms with Gasteiger partial charge in [0.2, 0.25) is 0 Å². The number of hydrogen-bond donors (Lipinski definition) is 2. The molecule has 0 atom stereocenters. The molecule has 0 saturated heterocycles. The molecule has 0 aromatic heterocycles. The van der Waals surface area contributed by atoms with Gasteiger partial charge in [0, 0.05) is 0 Å². The van der Waals surface area contributed by atoms with Gasteiger partial charge in [-0.15, -0.1) is 0 Å². The molecule has 2 aromatic carbocycles. The molecule has 0 radical (unpaired) electrons. The fraction of sp³-hybridized carbons (Fsp3) is 0.167. The number of aliphatic carboxylic acids is 1. The van der Waals surface area contributed by atoms with Crippen molar-refractivity contribution >= 4 is 23.8 Å². The SMILES string of the molecule is COc1ccccc1NCC(=O)N/N=C\c1ccc(OCC(=O)[O-])cc1.